The lowest BCUT2D eigenvalue weighted by molar-refractivity contribution is -0.137. The number of anilines is 3. The first-order chi connectivity index (χ1) is 20.7. The van der Waals surface area contributed by atoms with Crippen LogP contribution in [0.25, 0.3) is 0 Å². The second-order valence-corrected chi connectivity index (χ2v) is 12.7. The van der Waals surface area contributed by atoms with E-state index < -0.39 is 44.2 Å². The highest BCUT2D eigenvalue weighted by molar-refractivity contribution is 7.93. The minimum Gasteiger partial charge on any atom is -0.497 e. The number of carbonyl (C=O) groups is 1. The van der Waals surface area contributed by atoms with Crippen LogP contribution in [0, 0.1) is 0 Å². The average molecular weight is 650 g/mol. The monoisotopic (exact) mass is 649 g/mol. The molecule has 0 unspecified atom stereocenters. The summed E-state index contributed by atoms with van der Waals surface area (Å²) in [6.45, 7) is -0.879. The Hall–Kier alpha value is -4.76. The Morgan fingerprint density at radius 2 is 1.48 bits per heavy atom. The minimum absolute atomic E-state index is 0.106. The highest BCUT2D eigenvalue weighted by atomic mass is 32.2. The summed E-state index contributed by atoms with van der Waals surface area (Å²) in [5, 5.41) is 2.45. The number of rotatable bonds is 11. The van der Waals surface area contributed by atoms with E-state index >= 15 is 0 Å². The SMILES string of the molecule is COc1ccc(OC)c(NS(=O)(=O)c2ccc(NC(=O)CN(c3cccc(C(F)(F)F)c3)S(=O)(=O)c3ccccc3)cc2)c1. The summed E-state index contributed by atoms with van der Waals surface area (Å²) in [4.78, 5) is 12.6. The molecule has 44 heavy (non-hydrogen) atoms. The van der Waals surface area contributed by atoms with Crippen LogP contribution in [-0.4, -0.2) is 43.5 Å². The number of ether oxygens (including phenoxy) is 2. The molecule has 0 aliphatic carbocycles. The second-order valence-electron chi connectivity index (χ2n) is 9.12. The van der Waals surface area contributed by atoms with E-state index in [9.17, 15) is 34.8 Å². The Balaban J connectivity index is 1.57. The van der Waals surface area contributed by atoms with Crippen LogP contribution in [0.4, 0.5) is 30.2 Å². The van der Waals surface area contributed by atoms with Crippen molar-refractivity contribution in [2.24, 2.45) is 0 Å². The first-order valence-corrected chi connectivity index (χ1v) is 15.6. The van der Waals surface area contributed by atoms with Gasteiger partial charge in [0.05, 0.1) is 40.9 Å². The molecule has 0 saturated carbocycles. The maximum Gasteiger partial charge on any atom is 0.416 e. The van der Waals surface area contributed by atoms with E-state index in [1.807, 2.05) is 0 Å². The van der Waals surface area contributed by atoms with Crippen molar-refractivity contribution in [1.29, 1.82) is 0 Å². The number of methoxy groups -OCH3 is 2. The average Bonchev–Trinajstić information content (AvgIpc) is 3.00. The van der Waals surface area contributed by atoms with Crippen LogP contribution < -0.4 is 23.8 Å². The molecule has 0 fully saturated rings. The number of nitrogens with one attached hydrogen (secondary N) is 2. The summed E-state index contributed by atoms with van der Waals surface area (Å²) in [6.07, 6.45) is -4.75. The molecular weight excluding hydrogens is 623 g/mol. The van der Waals surface area contributed by atoms with Gasteiger partial charge in [-0.25, -0.2) is 16.8 Å². The Kier molecular flexibility index (Phi) is 9.39. The summed E-state index contributed by atoms with van der Waals surface area (Å²) in [7, 11) is -5.80. The fraction of sp³-hybridized carbons (Fsp3) is 0.138. The van der Waals surface area contributed by atoms with Gasteiger partial charge >= 0.3 is 6.18 Å². The standard InChI is InChI=1S/C29H26F3N3O7S2/c1-41-23-13-16-27(42-2)26(18-23)34-43(37,38)24-14-11-21(12-15-24)33-28(36)19-35(44(39,40)25-9-4-3-5-10-25)22-8-6-7-20(17-22)29(30,31)32/h3-18,34H,19H2,1-2H3,(H,33,36). The molecule has 0 aliphatic rings. The number of amides is 1. The summed E-state index contributed by atoms with van der Waals surface area (Å²) < 4.78 is 106. The highest BCUT2D eigenvalue weighted by Gasteiger charge is 2.33. The summed E-state index contributed by atoms with van der Waals surface area (Å²) in [6, 6.07) is 20.1. The zero-order valence-electron chi connectivity index (χ0n) is 23.2. The lowest BCUT2D eigenvalue weighted by Crippen LogP contribution is -2.38. The molecule has 0 heterocycles. The fourth-order valence-corrected chi connectivity index (χ4v) is 6.51. The number of alkyl halides is 3. The molecule has 0 saturated heterocycles. The first kappa shape index (κ1) is 32.2. The lowest BCUT2D eigenvalue weighted by atomic mass is 10.2. The number of sulfonamides is 2. The molecule has 0 spiro atoms. The van der Waals surface area contributed by atoms with E-state index in [4.69, 9.17) is 9.47 Å². The van der Waals surface area contributed by atoms with Gasteiger partial charge in [0.15, 0.2) is 0 Å². The summed E-state index contributed by atoms with van der Waals surface area (Å²) in [5.74, 6) is -0.263. The third-order valence-electron chi connectivity index (χ3n) is 6.18. The van der Waals surface area contributed by atoms with Crippen molar-refractivity contribution in [1.82, 2.24) is 0 Å². The fourth-order valence-electron chi connectivity index (χ4n) is 4.02. The van der Waals surface area contributed by atoms with Crippen LogP contribution in [0.5, 0.6) is 11.5 Å². The molecule has 0 bridgehead atoms. The van der Waals surface area contributed by atoms with Gasteiger partial charge in [0, 0.05) is 11.8 Å². The quantitative estimate of drug-likeness (QED) is 0.224. The zero-order valence-corrected chi connectivity index (χ0v) is 24.8. The van der Waals surface area contributed by atoms with E-state index in [2.05, 4.69) is 10.0 Å². The van der Waals surface area contributed by atoms with E-state index in [1.54, 1.807) is 12.1 Å². The number of halogens is 3. The van der Waals surface area contributed by atoms with E-state index in [-0.39, 0.29) is 32.6 Å². The normalized spacial score (nSPS) is 11.8. The van der Waals surface area contributed by atoms with Gasteiger partial charge in [-0.1, -0.05) is 24.3 Å². The van der Waals surface area contributed by atoms with E-state index in [1.165, 1.54) is 74.9 Å². The van der Waals surface area contributed by atoms with Gasteiger partial charge in [-0.05, 0) is 66.7 Å². The van der Waals surface area contributed by atoms with Crippen molar-refractivity contribution >= 4 is 43.0 Å². The predicted molar refractivity (Wildman–Crippen MR) is 158 cm³/mol. The van der Waals surface area contributed by atoms with Crippen LogP contribution in [0.15, 0.2) is 107 Å². The number of nitrogens with zero attached hydrogens (tertiary/aromatic N) is 1. The largest absolute Gasteiger partial charge is 0.497 e. The van der Waals surface area contributed by atoms with Crippen LogP contribution in [0.3, 0.4) is 0 Å². The topological polar surface area (TPSA) is 131 Å². The molecule has 4 aromatic rings. The number of hydrogen-bond donors (Lipinski definition) is 2. The third-order valence-corrected chi connectivity index (χ3v) is 9.35. The maximum absolute atomic E-state index is 13.4. The van der Waals surface area contributed by atoms with Crippen molar-refractivity contribution in [3.63, 3.8) is 0 Å². The van der Waals surface area contributed by atoms with Gasteiger partial charge in [0.2, 0.25) is 5.91 Å². The number of hydrogen-bond acceptors (Lipinski definition) is 7. The van der Waals surface area contributed by atoms with Gasteiger partial charge in [0.1, 0.15) is 18.0 Å². The van der Waals surface area contributed by atoms with Crippen molar-refractivity contribution in [2.75, 3.05) is 35.1 Å². The Bertz CT molecular complexity index is 1850. The highest BCUT2D eigenvalue weighted by Crippen LogP contribution is 2.34. The van der Waals surface area contributed by atoms with Crippen molar-refractivity contribution in [3.05, 3.63) is 103 Å². The second kappa shape index (κ2) is 12.9. The Labute approximate surface area is 252 Å². The van der Waals surface area contributed by atoms with E-state index in [0.717, 1.165) is 18.2 Å². The smallest absolute Gasteiger partial charge is 0.416 e. The van der Waals surface area contributed by atoms with Crippen molar-refractivity contribution < 1.29 is 44.3 Å². The molecule has 0 aliphatic heterocycles. The Morgan fingerprint density at radius 3 is 2.09 bits per heavy atom. The van der Waals surface area contributed by atoms with Gasteiger partial charge in [0.25, 0.3) is 20.0 Å². The van der Waals surface area contributed by atoms with Crippen LogP contribution in [-0.2, 0) is 31.0 Å². The molecule has 15 heteroatoms. The van der Waals surface area contributed by atoms with Gasteiger partial charge in [-0.15, -0.1) is 0 Å². The maximum atomic E-state index is 13.4. The molecule has 4 aromatic carbocycles. The minimum atomic E-state index is -4.75. The molecular formula is C29H26F3N3O7S2. The summed E-state index contributed by atoms with van der Waals surface area (Å²) in [5.41, 5.74) is -1.24. The van der Waals surface area contributed by atoms with Crippen LogP contribution in [0.1, 0.15) is 5.56 Å². The molecule has 4 rings (SSSR count). The van der Waals surface area contributed by atoms with Gasteiger partial charge < -0.3 is 14.8 Å². The summed E-state index contributed by atoms with van der Waals surface area (Å²) >= 11 is 0. The van der Waals surface area contributed by atoms with Crippen LogP contribution >= 0.6 is 0 Å². The molecule has 10 nitrogen and oxygen atoms in total. The third kappa shape index (κ3) is 7.41. The lowest BCUT2D eigenvalue weighted by Gasteiger charge is -2.25. The molecule has 0 atom stereocenters. The molecule has 1 amide bonds. The number of carbonyl (C=O) groups excluding carboxylic acids is 1. The van der Waals surface area contributed by atoms with Crippen molar-refractivity contribution in [3.8, 4) is 11.5 Å². The molecule has 232 valence electrons. The van der Waals surface area contributed by atoms with Gasteiger partial charge in [-0.3, -0.25) is 13.8 Å². The Morgan fingerprint density at radius 1 is 0.795 bits per heavy atom. The predicted octanol–water partition coefficient (Wildman–Crippen LogP) is 5.36. The zero-order chi connectivity index (χ0) is 32.1. The molecule has 2 N–H and O–H groups in total. The van der Waals surface area contributed by atoms with Crippen LogP contribution in [0.2, 0.25) is 0 Å². The van der Waals surface area contributed by atoms with E-state index in [0.29, 0.717) is 16.1 Å². The van der Waals surface area contributed by atoms with Crippen molar-refractivity contribution in [2.45, 2.75) is 16.0 Å². The number of benzene rings is 4. The molecule has 0 radical (unpaired) electrons. The van der Waals surface area contributed by atoms with Gasteiger partial charge in [-0.2, -0.15) is 13.2 Å². The first-order valence-electron chi connectivity index (χ1n) is 12.6. The molecule has 0 aromatic heterocycles.